The number of nitrogens with one attached hydrogen (secondary N) is 2. The van der Waals surface area contributed by atoms with Gasteiger partial charge in [0, 0.05) is 12.7 Å². The fraction of sp³-hybridized carbons (Fsp3) is 0.176. The van der Waals surface area contributed by atoms with Gasteiger partial charge in [0.05, 0.1) is 5.25 Å². The standard InChI is InChI=1S/C17H17N5O2S/c1-12(25-17-21-20-14-9-5-6-10-22(14)17)15(23)19-16(24)18-11-13-7-3-2-4-8-13/h2-10,12H,11H2,1H3,(H2,18,19,23,24)/t12-/m1/s1. The van der Waals surface area contributed by atoms with Crippen LogP contribution in [0.25, 0.3) is 5.65 Å². The Bertz CT molecular complexity index is 881. The molecule has 0 bridgehead atoms. The zero-order chi connectivity index (χ0) is 17.6. The Kier molecular flexibility index (Phi) is 5.30. The normalized spacial score (nSPS) is 11.9. The van der Waals surface area contributed by atoms with E-state index >= 15 is 0 Å². The molecule has 0 radical (unpaired) electrons. The summed E-state index contributed by atoms with van der Waals surface area (Å²) in [7, 11) is 0. The second-order valence-corrected chi connectivity index (χ2v) is 6.64. The van der Waals surface area contributed by atoms with Gasteiger partial charge in [-0.2, -0.15) is 0 Å². The van der Waals surface area contributed by atoms with Crippen molar-refractivity contribution in [2.24, 2.45) is 0 Å². The van der Waals surface area contributed by atoms with Gasteiger partial charge < -0.3 is 5.32 Å². The lowest BCUT2D eigenvalue weighted by molar-refractivity contribution is -0.119. The molecule has 0 spiro atoms. The molecule has 25 heavy (non-hydrogen) atoms. The first-order chi connectivity index (χ1) is 12.1. The number of aromatic nitrogens is 3. The highest BCUT2D eigenvalue weighted by Gasteiger charge is 2.19. The Labute approximate surface area is 148 Å². The SMILES string of the molecule is C[C@@H](Sc1nnc2ccccn12)C(=O)NC(=O)NCc1ccccc1. The number of pyridine rings is 1. The number of benzene rings is 1. The van der Waals surface area contributed by atoms with Crippen molar-refractivity contribution in [2.45, 2.75) is 23.9 Å². The lowest BCUT2D eigenvalue weighted by atomic mass is 10.2. The number of nitrogens with zero attached hydrogens (tertiary/aromatic N) is 3. The van der Waals surface area contributed by atoms with Gasteiger partial charge in [-0.25, -0.2) is 4.79 Å². The van der Waals surface area contributed by atoms with Gasteiger partial charge in [0.1, 0.15) is 0 Å². The van der Waals surface area contributed by atoms with Crippen molar-refractivity contribution in [1.82, 2.24) is 25.2 Å². The zero-order valence-electron chi connectivity index (χ0n) is 13.5. The van der Waals surface area contributed by atoms with Crippen molar-refractivity contribution in [3.05, 3.63) is 60.3 Å². The molecule has 8 heteroatoms. The number of hydrogen-bond donors (Lipinski definition) is 2. The van der Waals surface area contributed by atoms with Crippen LogP contribution in [0.15, 0.2) is 59.9 Å². The summed E-state index contributed by atoms with van der Waals surface area (Å²) >= 11 is 1.24. The average Bonchev–Trinajstić information content (AvgIpc) is 3.04. The van der Waals surface area contributed by atoms with E-state index in [4.69, 9.17) is 0 Å². The number of rotatable bonds is 5. The van der Waals surface area contributed by atoms with E-state index in [-0.39, 0.29) is 5.91 Å². The number of carbonyl (C=O) groups excluding carboxylic acids is 2. The molecule has 0 unspecified atom stereocenters. The first-order valence-corrected chi connectivity index (χ1v) is 8.60. The number of amides is 3. The van der Waals surface area contributed by atoms with Crippen LogP contribution in [0.5, 0.6) is 0 Å². The Morgan fingerprint density at radius 3 is 2.68 bits per heavy atom. The zero-order valence-corrected chi connectivity index (χ0v) is 14.4. The average molecular weight is 355 g/mol. The van der Waals surface area contributed by atoms with Crippen LogP contribution in [-0.2, 0) is 11.3 Å². The number of carbonyl (C=O) groups is 2. The number of hydrogen-bond acceptors (Lipinski definition) is 5. The molecule has 7 nitrogen and oxygen atoms in total. The lowest BCUT2D eigenvalue weighted by Crippen LogP contribution is -2.42. The van der Waals surface area contributed by atoms with Crippen LogP contribution in [0.4, 0.5) is 4.79 Å². The number of imide groups is 1. The Hall–Kier alpha value is -2.87. The Morgan fingerprint density at radius 2 is 1.88 bits per heavy atom. The third-order valence-corrected chi connectivity index (χ3v) is 4.52. The Balaban J connectivity index is 1.53. The van der Waals surface area contributed by atoms with Gasteiger partial charge in [0.15, 0.2) is 10.8 Å². The molecule has 2 aromatic heterocycles. The van der Waals surface area contributed by atoms with Crippen molar-refractivity contribution in [2.75, 3.05) is 0 Å². The van der Waals surface area contributed by atoms with Crippen molar-refractivity contribution in [3.8, 4) is 0 Å². The molecule has 3 amide bonds. The molecule has 0 aliphatic heterocycles. The van der Waals surface area contributed by atoms with Crippen molar-refractivity contribution >= 4 is 29.3 Å². The molecular formula is C17H17N5O2S. The summed E-state index contributed by atoms with van der Waals surface area (Å²) in [5, 5.41) is 13.2. The maximum atomic E-state index is 12.2. The van der Waals surface area contributed by atoms with E-state index in [0.29, 0.717) is 17.3 Å². The second-order valence-electron chi connectivity index (χ2n) is 5.33. The highest BCUT2D eigenvalue weighted by Crippen LogP contribution is 2.21. The molecule has 2 heterocycles. The van der Waals surface area contributed by atoms with Crippen molar-refractivity contribution < 1.29 is 9.59 Å². The molecule has 3 aromatic rings. The van der Waals surface area contributed by atoms with Crippen LogP contribution in [0.1, 0.15) is 12.5 Å². The Morgan fingerprint density at radius 1 is 1.12 bits per heavy atom. The molecule has 0 fully saturated rings. The van der Waals surface area contributed by atoms with Crippen LogP contribution < -0.4 is 10.6 Å². The summed E-state index contributed by atoms with van der Waals surface area (Å²) < 4.78 is 1.80. The number of urea groups is 1. The predicted octanol–water partition coefficient (Wildman–Crippen LogP) is 2.24. The predicted molar refractivity (Wildman–Crippen MR) is 95.1 cm³/mol. The van der Waals surface area contributed by atoms with Crippen molar-refractivity contribution in [3.63, 3.8) is 0 Å². The quantitative estimate of drug-likeness (QED) is 0.685. The maximum Gasteiger partial charge on any atom is 0.321 e. The molecule has 0 aliphatic rings. The molecule has 3 rings (SSSR count). The monoisotopic (exact) mass is 355 g/mol. The highest BCUT2D eigenvalue weighted by atomic mass is 32.2. The largest absolute Gasteiger partial charge is 0.334 e. The lowest BCUT2D eigenvalue weighted by Gasteiger charge is -2.11. The summed E-state index contributed by atoms with van der Waals surface area (Å²) in [6.07, 6.45) is 1.83. The summed E-state index contributed by atoms with van der Waals surface area (Å²) in [6, 6.07) is 14.5. The topological polar surface area (TPSA) is 88.4 Å². The third kappa shape index (κ3) is 4.36. The molecular weight excluding hydrogens is 338 g/mol. The first kappa shape index (κ1) is 17.0. The van der Waals surface area contributed by atoms with Gasteiger partial charge >= 0.3 is 6.03 Å². The van der Waals surface area contributed by atoms with E-state index in [2.05, 4.69) is 20.8 Å². The fourth-order valence-corrected chi connectivity index (χ4v) is 2.99. The smallest absolute Gasteiger partial charge is 0.321 e. The minimum absolute atomic E-state index is 0.357. The summed E-state index contributed by atoms with van der Waals surface area (Å²) in [6.45, 7) is 2.07. The van der Waals surface area contributed by atoms with Gasteiger partial charge in [0.25, 0.3) is 0 Å². The van der Waals surface area contributed by atoms with Gasteiger partial charge in [-0.3, -0.25) is 14.5 Å². The van der Waals surface area contributed by atoms with Crippen molar-refractivity contribution in [1.29, 1.82) is 0 Å². The molecule has 0 saturated carbocycles. The minimum atomic E-state index is -0.521. The van der Waals surface area contributed by atoms with Gasteiger partial charge in [-0.1, -0.05) is 48.2 Å². The van der Waals surface area contributed by atoms with E-state index in [1.807, 2.05) is 54.7 Å². The van der Waals surface area contributed by atoms with Crippen LogP contribution in [0.3, 0.4) is 0 Å². The molecule has 0 aliphatic carbocycles. The minimum Gasteiger partial charge on any atom is -0.334 e. The summed E-state index contributed by atoms with van der Waals surface area (Å²) in [4.78, 5) is 24.0. The van der Waals surface area contributed by atoms with E-state index in [9.17, 15) is 9.59 Å². The van der Waals surface area contributed by atoms with Crippen LogP contribution >= 0.6 is 11.8 Å². The fourth-order valence-electron chi connectivity index (χ4n) is 2.15. The van der Waals surface area contributed by atoms with E-state index in [0.717, 1.165) is 5.56 Å². The number of fused-ring (bicyclic) bond motifs is 1. The van der Waals surface area contributed by atoms with Crippen LogP contribution in [0, 0.1) is 0 Å². The molecule has 1 atom stereocenters. The second kappa shape index (κ2) is 7.80. The van der Waals surface area contributed by atoms with Crippen LogP contribution in [0.2, 0.25) is 0 Å². The molecule has 128 valence electrons. The van der Waals surface area contributed by atoms with Gasteiger partial charge in [-0.05, 0) is 24.6 Å². The van der Waals surface area contributed by atoms with Gasteiger partial charge in [0.2, 0.25) is 5.91 Å². The summed E-state index contributed by atoms with van der Waals surface area (Å²) in [5.41, 5.74) is 1.67. The van der Waals surface area contributed by atoms with E-state index in [1.54, 1.807) is 11.3 Å². The van der Waals surface area contributed by atoms with Gasteiger partial charge in [-0.15, -0.1) is 10.2 Å². The number of thioether (sulfide) groups is 1. The molecule has 2 N–H and O–H groups in total. The maximum absolute atomic E-state index is 12.2. The summed E-state index contributed by atoms with van der Waals surface area (Å²) in [5.74, 6) is -0.386. The molecule has 1 aromatic carbocycles. The first-order valence-electron chi connectivity index (χ1n) is 7.72. The van der Waals surface area contributed by atoms with Crippen LogP contribution in [-0.4, -0.2) is 31.8 Å². The van der Waals surface area contributed by atoms with E-state index in [1.165, 1.54) is 11.8 Å². The highest BCUT2D eigenvalue weighted by molar-refractivity contribution is 8.00. The van der Waals surface area contributed by atoms with E-state index < -0.39 is 11.3 Å². The molecule has 0 saturated heterocycles. The third-order valence-electron chi connectivity index (χ3n) is 3.47.